The van der Waals surface area contributed by atoms with E-state index in [9.17, 15) is 27.6 Å². The first-order valence-electron chi connectivity index (χ1n) is 13.1. The number of aryl methyl sites for hydroxylation is 2. The van der Waals surface area contributed by atoms with Gasteiger partial charge in [0.2, 0.25) is 5.91 Å². The van der Waals surface area contributed by atoms with E-state index in [2.05, 4.69) is 16.0 Å². The molecular formula is C33H28F3N3O3S. The molecule has 0 fully saturated rings. The van der Waals surface area contributed by atoms with Crippen molar-refractivity contribution in [1.29, 1.82) is 0 Å². The van der Waals surface area contributed by atoms with Crippen molar-refractivity contribution >= 4 is 46.9 Å². The van der Waals surface area contributed by atoms with Crippen molar-refractivity contribution in [2.75, 3.05) is 16.4 Å². The van der Waals surface area contributed by atoms with Crippen LogP contribution in [-0.2, 0) is 15.8 Å². The molecule has 3 amide bonds. The van der Waals surface area contributed by atoms with E-state index < -0.39 is 23.6 Å². The number of thioether (sulfide) groups is 1. The largest absolute Gasteiger partial charge is 0.416 e. The van der Waals surface area contributed by atoms with Crippen LogP contribution >= 0.6 is 11.8 Å². The Kier molecular flexibility index (Phi) is 10.0. The van der Waals surface area contributed by atoms with Crippen LogP contribution in [0.4, 0.5) is 24.5 Å². The second-order valence-corrected chi connectivity index (χ2v) is 10.7. The zero-order valence-electron chi connectivity index (χ0n) is 23.3. The number of anilines is 2. The number of carbonyl (C=O) groups is 3. The lowest BCUT2D eigenvalue weighted by Gasteiger charge is -2.14. The molecule has 0 aliphatic heterocycles. The van der Waals surface area contributed by atoms with Crippen LogP contribution in [0.25, 0.3) is 6.08 Å². The maximum Gasteiger partial charge on any atom is 0.416 e. The van der Waals surface area contributed by atoms with Gasteiger partial charge in [0.05, 0.1) is 11.3 Å². The van der Waals surface area contributed by atoms with Crippen LogP contribution in [0, 0.1) is 13.8 Å². The summed E-state index contributed by atoms with van der Waals surface area (Å²) in [5, 5.41) is 7.94. The molecule has 0 spiro atoms. The van der Waals surface area contributed by atoms with Crippen LogP contribution in [0.2, 0.25) is 0 Å². The van der Waals surface area contributed by atoms with Crippen molar-refractivity contribution < 1.29 is 27.6 Å². The molecule has 0 heterocycles. The van der Waals surface area contributed by atoms with Crippen molar-refractivity contribution in [2.24, 2.45) is 0 Å². The standard InChI is InChI=1S/C33H28F3N3O3S/c1-21-16-22(2)18-26(17-21)37-30(40)20-43-27-14-12-25(13-15-27)38-32(42)29(39-31(41)23-8-4-3-5-9-23)19-24-10-6-7-11-28(24)33(34,35)36/h3-19H,20H2,1-2H3,(H,37,40)(H,38,42)(H,39,41)/b29-19-. The van der Waals surface area contributed by atoms with Crippen LogP contribution < -0.4 is 16.0 Å². The lowest BCUT2D eigenvalue weighted by molar-refractivity contribution is -0.137. The molecule has 10 heteroatoms. The highest BCUT2D eigenvalue weighted by molar-refractivity contribution is 8.00. The molecule has 0 aromatic heterocycles. The minimum absolute atomic E-state index is 0.162. The number of nitrogens with one attached hydrogen (secondary N) is 3. The van der Waals surface area contributed by atoms with E-state index in [0.29, 0.717) is 5.69 Å². The number of carbonyl (C=O) groups excluding carboxylic acids is 3. The van der Waals surface area contributed by atoms with E-state index in [1.54, 1.807) is 42.5 Å². The van der Waals surface area contributed by atoms with E-state index in [1.165, 1.54) is 42.1 Å². The molecule has 0 saturated heterocycles. The molecule has 4 aromatic carbocycles. The third-order valence-corrected chi connectivity index (χ3v) is 7.09. The van der Waals surface area contributed by atoms with Crippen LogP contribution in [0.5, 0.6) is 0 Å². The van der Waals surface area contributed by atoms with Gasteiger partial charge in [0.25, 0.3) is 11.8 Å². The minimum atomic E-state index is -4.67. The fourth-order valence-electron chi connectivity index (χ4n) is 4.20. The number of amides is 3. The Labute approximate surface area is 251 Å². The maximum atomic E-state index is 13.6. The molecule has 3 N–H and O–H groups in total. The minimum Gasteiger partial charge on any atom is -0.325 e. The first kappa shape index (κ1) is 31.1. The summed E-state index contributed by atoms with van der Waals surface area (Å²) < 4.78 is 40.9. The molecule has 0 bridgehead atoms. The summed E-state index contributed by atoms with van der Waals surface area (Å²) in [6.45, 7) is 3.91. The lowest BCUT2D eigenvalue weighted by atomic mass is 10.1. The van der Waals surface area contributed by atoms with Crippen LogP contribution in [0.15, 0.2) is 108 Å². The normalized spacial score (nSPS) is 11.5. The smallest absolute Gasteiger partial charge is 0.325 e. The number of alkyl halides is 3. The molecule has 0 unspecified atom stereocenters. The highest BCUT2D eigenvalue weighted by Gasteiger charge is 2.32. The van der Waals surface area contributed by atoms with Crippen molar-refractivity contribution in [3.63, 3.8) is 0 Å². The number of benzene rings is 4. The third-order valence-electron chi connectivity index (χ3n) is 6.08. The van der Waals surface area contributed by atoms with Crippen LogP contribution in [0.3, 0.4) is 0 Å². The van der Waals surface area contributed by atoms with Gasteiger partial charge in [0.15, 0.2) is 0 Å². The van der Waals surface area contributed by atoms with Gasteiger partial charge in [-0.15, -0.1) is 11.8 Å². The third kappa shape index (κ3) is 9.08. The predicted molar refractivity (Wildman–Crippen MR) is 164 cm³/mol. The van der Waals surface area contributed by atoms with Gasteiger partial charge < -0.3 is 16.0 Å². The van der Waals surface area contributed by atoms with Gasteiger partial charge in [-0.05, 0) is 91.2 Å². The van der Waals surface area contributed by atoms with E-state index >= 15 is 0 Å². The fraction of sp³-hybridized carbons (Fsp3) is 0.121. The highest BCUT2D eigenvalue weighted by atomic mass is 32.2. The van der Waals surface area contributed by atoms with Gasteiger partial charge in [-0.2, -0.15) is 13.2 Å². The Balaban J connectivity index is 1.47. The SMILES string of the molecule is Cc1cc(C)cc(NC(=O)CSc2ccc(NC(=O)/C(=C/c3ccccc3C(F)(F)F)NC(=O)c3ccccc3)cc2)c1. The summed E-state index contributed by atoms with van der Waals surface area (Å²) in [6, 6.07) is 25.2. The summed E-state index contributed by atoms with van der Waals surface area (Å²) in [5.74, 6) is -1.47. The molecule has 0 aliphatic carbocycles. The van der Waals surface area contributed by atoms with E-state index in [4.69, 9.17) is 0 Å². The van der Waals surface area contributed by atoms with E-state index in [-0.39, 0.29) is 28.5 Å². The highest BCUT2D eigenvalue weighted by Crippen LogP contribution is 2.33. The molecule has 220 valence electrons. The van der Waals surface area contributed by atoms with Gasteiger partial charge in [-0.1, -0.05) is 42.5 Å². The zero-order valence-corrected chi connectivity index (χ0v) is 24.1. The van der Waals surface area contributed by atoms with Gasteiger partial charge in [0.1, 0.15) is 5.70 Å². The Hall–Kier alpha value is -4.83. The lowest BCUT2D eigenvalue weighted by Crippen LogP contribution is -2.30. The zero-order chi connectivity index (χ0) is 31.0. The molecule has 43 heavy (non-hydrogen) atoms. The summed E-state index contributed by atoms with van der Waals surface area (Å²) in [6.07, 6.45) is -3.67. The topological polar surface area (TPSA) is 87.3 Å². The number of halogens is 3. The quantitative estimate of drug-likeness (QED) is 0.137. The summed E-state index contributed by atoms with van der Waals surface area (Å²) >= 11 is 1.30. The number of rotatable bonds is 9. The van der Waals surface area contributed by atoms with Crippen molar-refractivity contribution in [1.82, 2.24) is 5.32 Å². The van der Waals surface area contributed by atoms with Crippen molar-refractivity contribution in [3.05, 3.63) is 131 Å². The Bertz CT molecular complexity index is 1630. The molecular weight excluding hydrogens is 575 g/mol. The van der Waals surface area contributed by atoms with Crippen molar-refractivity contribution in [2.45, 2.75) is 24.9 Å². The second kappa shape index (κ2) is 13.9. The summed E-state index contributed by atoms with van der Waals surface area (Å²) in [5.41, 5.74) is 1.79. The van der Waals surface area contributed by atoms with Gasteiger partial charge >= 0.3 is 6.18 Å². The van der Waals surface area contributed by atoms with E-state index in [0.717, 1.165) is 33.9 Å². The average Bonchev–Trinajstić information content (AvgIpc) is 2.96. The Morgan fingerprint density at radius 3 is 2.05 bits per heavy atom. The Morgan fingerprint density at radius 1 is 0.767 bits per heavy atom. The second-order valence-electron chi connectivity index (χ2n) is 9.65. The molecule has 4 rings (SSSR count). The molecule has 0 aliphatic rings. The summed E-state index contributed by atoms with van der Waals surface area (Å²) in [4.78, 5) is 39.2. The number of hydrogen-bond donors (Lipinski definition) is 3. The first-order chi connectivity index (χ1) is 20.5. The number of hydrogen-bond acceptors (Lipinski definition) is 4. The summed E-state index contributed by atoms with van der Waals surface area (Å²) in [7, 11) is 0. The van der Waals surface area contributed by atoms with Crippen molar-refractivity contribution in [3.8, 4) is 0 Å². The molecule has 0 radical (unpaired) electrons. The predicted octanol–water partition coefficient (Wildman–Crippen LogP) is 7.46. The van der Waals surface area contributed by atoms with E-state index in [1.807, 2.05) is 32.0 Å². The van der Waals surface area contributed by atoms with Gasteiger partial charge in [0, 0.05) is 21.8 Å². The molecule has 0 saturated carbocycles. The van der Waals surface area contributed by atoms with Crippen LogP contribution in [-0.4, -0.2) is 23.5 Å². The van der Waals surface area contributed by atoms with Gasteiger partial charge in [-0.25, -0.2) is 0 Å². The fourth-order valence-corrected chi connectivity index (χ4v) is 4.90. The Morgan fingerprint density at radius 2 is 1.40 bits per heavy atom. The van der Waals surface area contributed by atoms with Gasteiger partial charge in [-0.3, -0.25) is 14.4 Å². The molecule has 6 nitrogen and oxygen atoms in total. The molecule has 0 atom stereocenters. The molecule has 4 aromatic rings. The first-order valence-corrected chi connectivity index (χ1v) is 14.1. The monoisotopic (exact) mass is 603 g/mol. The maximum absolute atomic E-state index is 13.6. The average molecular weight is 604 g/mol. The van der Waals surface area contributed by atoms with Crippen LogP contribution in [0.1, 0.15) is 32.6 Å².